The number of hydrogen-bond acceptors (Lipinski definition) is 2. The lowest BCUT2D eigenvalue weighted by Gasteiger charge is -2.35. The van der Waals surface area contributed by atoms with E-state index in [1.165, 1.54) is 12.1 Å². The summed E-state index contributed by atoms with van der Waals surface area (Å²) in [5.74, 6) is -0.171. The first kappa shape index (κ1) is 16.7. The monoisotopic (exact) mass is 287 g/mol. The second-order valence-electron chi connectivity index (χ2n) is 5.14. The number of hydrogen-bond donors (Lipinski definition) is 0. The summed E-state index contributed by atoms with van der Waals surface area (Å²) in [5.41, 5.74) is -1.17. The van der Waals surface area contributed by atoms with Crippen LogP contribution in [-0.2, 0) is 6.18 Å². The first-order valence-electron chi connectivity index (χ1n) is 6.61. The molecule has 0 spiro atoms. The number of ketones is 1. The molecule has 0 atom stereocenters. The van der Waals surface area contributed by atoms with Crippen molar-refractivity contribution in [1.82, 2.24) is 4.90 Å². The van der Waals surface area contributed by atoms with Gasteiger partial charge in [0.15, 0.2) is 5.78 Å². The SMILES string of the molecule is CCN(CC)C(C)(C)C(=O)c1ccc(C(F)(F)F)cc1. The molecule has 0 bridgehead atoms. The summed E-state index contributed by atoms with van der Waals surface area (Å²) in [6.07, 6.45) is -4.38. The van der Waals surface area contributed by atoms with Crippen molar-refractivity contribution in [3.63, 3.8) is 0 Å². The molecule has 0 aliphatic carbocycles. The summed E-state index contributed by atoms with van der Waals surface area (Å²) >= 11 is 0. The molecule has 1 rings (SSSR count). The third-order valence-electron chi connectivity index (χ3n) is 3.58. The van der Waals surface area contributed by atoms with Crippen LogP contribution in [0.5, 0.6) is 0 Å². The van der Waals surface area contributed by atoms with Crippen LogP contribution in [0.2, 0.25) is 0 Å². The van der Waals surface area contributed by atoms with Gasteiger partial charge >= 0.3 is 6.18 Å². The van der Waals surface area contributed by atoms with E-state index in [-0.39, 0.29) is 5.78 Å². The van der Waals surface area contributed by atoms with Gasteiger partial charge in [-0.05, 0) is 39.1 Å². The van der Waals surface area contributed by atoms with Crippen LogP contribution in [0.3, 0.4) is 0 Å². The number of carbonyl (C=O) groups is 1. The maximum atomic E-state index is 12.5. The summed E-state index contributed by atoms with van der Waals surface area (Å²) in [7, 11) is 0. The van der Waals surface area contributed by atoms with Crippen LogP contribution >= 0.6 is 0 Å². The van der Waals surface area contributed by atoms with Crippen molar-refractivity contribution in [2.45, 2.75) is 39.4 Å². The normalized spacial score (nSPS) is 12.8. The van der Waals surface area contributed by atoms with Gasteiger partial charge in [0.2, 0.25) is 0 Å². The van der Waals surface area contributed by atoms with Crippen LogP contribution < -0.4 is 0 Å². The Morgan fingerprint density at radius 1 is 1.05 bits per heavy atom. The predicted octanol–water partition coefficient (Wildman–Crippen LogP) is 4.01. The van der Waals surface area contributed by atoms with Crippen molar-refractivity contribution in [3.8, 4) is 0 Å². The first-order chi connectivity index (χ1) is 9.14. The molecule has 0 saturated carbocycles. The maximum absolute atomic E-state index is 12.5. The van der Waals surface area contributed by atoms with Gasteiger partial charge in [-0.2, -0.15) is 13.2 Å². The zero-order chi connectivity index (χ0) is 15.6. The van der Waals surface area contributed by atoms with E-state index in [1.807, 2.05) is 18.7 Å². The fourth-order valence-electron chi connectivity index (χ4n) is 2.32. The van der Waals surface area contributed by atoms with Gasteiger partial charge in [-0.3, -0.25) is 9.69 Å². The summed E-state index contributed by atoms with van der Waals surface area (Å²) in [6, 6.07) is 4.39. The molecule has 0 N–H and O–H groups in total. The zero-order valence-corrected chi connectivity index (χ0v) is 12.2. The Labute approximate surface area is 117 Å². The van der Waals surface area contributed by atoms with Crippen LogP contribution in [0.4, 0.5) is 13.2 Å². The number of rotatable bonds is 5. The van der Waals surface area contributed by atoms with E-state index in [9.17, 15) is 18.0 Å². The Hall–Kier alpha value is -1.36. The number of carbonyl (C=O) groups excluding carboxylic acids is 1. The van der Waals surface area contributed by atoms with Gasteiger partial charge in [0.05, 0.1) is 11.1 Å². The second-order valence-corrected chi connectivity index (χ2v) is 5.14. The third kappa shape index (κ3) is 3.39. The first-order valence-corrected chi connectivity index (χ1v) is 6.61. The highest BCUT2D eigenvalue weighted by molar-refractivity contribution is 6.02. The molecule has 2 nitrogen and oxygen atoms in total. The highest BCUT2D eigenvalue weighted by atomic mass is 19.4. The zero-order valence-electron chi connectivity index (χ0n) is 12.2. The molecule has 0 unspecified atom stereocenters. The van der Waals surface area contributed by atoms with E-state index in [2.05, 4.69) is 0 Å². The van der Waals surface area contributed by atoms with E-state index in [4.69, 9.17) is 0 Å². The Bertz CT molecular complexity index is 459. The van der Waals surface area contributed by atoms with Crippen LogP contribution in [0.1, 0.15) is 43.6 Å². The lowest BCUT2D eigenvalue weighted by atomic mass is 9.90. The molecule has 0 aliphatic heterocycles. The average Bonchev–Trinajstić information content (AvgIpc) is 2.38. The minimum absolute atomic E-state index is 0.171. The van der Waals surface area contributed by atoms with E-state index in [0.29, 0.717) is 18.7 Å². The molecule has 0 amide bonds. The van der Waals surface area contributed by atoms with Crippen molar-refractivity contribution in [3.05, 3.63) is 35.4 Å². The number of halogens is 3. The molecule has 0 aliphatic rings. The number of benzene rings is 1. The van der Waals surface area contributed by atoms with Gasteiger partial charge in [0.1, 0.15) is 0 Å². The summed E-state index contributed by atoms with van der Waals surface area (Å²) < 4.78 is 37.5. The van der Waals surface area contributed by atoms with Crippen molar-refractivity contribution in [2.24, 2.45) is 0 Å². The van der Waals surface area contributed by atoms with E-state index >= 15 is 0 Å². The third-order valence-corrected chi connectivity index (χ3v) is 3.58. The molecule has 20 heavy (non-hydrogen) atoms. The highest BCUT2D eigenvalue weighted by Gasteiger charge is 2.34. The molecule has 0 heterocycles. The smallest absolute Gasteiger partial charge is 0.292 e. The second kappa shape index (κ2) is 5.95. The standard InChI is InChI=1S/C15H20F3NO/c1-5-19(6-2)14(3,4)13(20)11-7-9-12(10-8-11)15(16,17)18/h7-10H,5-6H2,1-4H3. The number of nitrogens with zero attached hydrogens (tertiary/aromatic N) is 1. The lowest BCUT2D eigenvalue weighted by Crippen LogP contribution is -2.49. The molecule has 0 saturated heterocycles. The van der Waals surface area contributed by atoms with Gasteiger partial charge in [0.25, 0.3) is 0 Å². The van der Waals surface area contributed by atoms with Gasteiger partial charge in [0, 0.05) is 5.56 Å². The van der Waals surface area contributed by atoms with Gasteiger partial charge in [-0.25, -0.2) is 0 Å². The Balaban J connectivity index is 3.04. The molecule has 0 aromatic heterocycles. The van der Waals surface area contributed by atoms with Gasteiger partial charge in [-0.15, -0.1) is 0 Å². The summed E-state index contributed by atoms with van der Waals surface area (Å²) in [6.45, 7) is 8.89. The van der Waals surface area contributed by atoms with Crippen LogP contribution in [-0.4, -0.2) is 29.3 Å². The average molecular weight is 287 g/mol. The Kier molecular flexibility index (Phi) is 4.97. The molecule has 0 radical (unpaired) electrons. The molecule has 1 aromatic carbocycles. The fourth-order valence-corrected chi connectivity index (χ4v) is 2.32. The van der Waals surface area contributed by atoms with Crippen LogP contribution in [0.25, 0.3) is 0 Å². The Morgan fingerprint density at radius 3 is 1.85 bits per heavy atom. The summed E-state index contributed by atoms with van der Waals surface area (Å²) in [4.78, 5) is 14.4. The molecule has 112 valence electrons. The van der Waals surface area contributed by atoms with E-state index < -0.39 is 17.3 Å². The largest absolute Gasteiger partial charge is 0.416 e. The number of Topliss-reactive ketones (excluding diaryl/α,β-unsaturated/α-hetero) is 1. The lowest BCUT2D eigenvalue weighted by molar-refractivity contribution is -0.137. The van der Waals surface area contributed by atoms with E-state index in [0.717, 1.165) is 12.1 Å². The number of likely N-dealkylation sites (N-methyl/N-ethyl adjacent to an activating group) is 1. The minimum atomic E-state index is -4.38. The van der Waals surface area contributed by atoms with Crippen molar-refractivity contribution in [2.75, 3.05) is 13.1 Å². The topological polar surface area (TPSA) is 20.3 Å². The summed E-state index contributed by atoms with van der Waals surface area (Å²) in [5, 5.41) is 0. The van der Waals surface area contributed by atoms with Crippen molar-refractivity contribution >= 4 is 5.78 Å². The van der Waals surface area contributed by atoms with Crippen molar-refractivity contribution in [1.29, 1.82) is 0 Å². The van der Waals surface area contributed by atoms with Gasteiger partial charge < -0.3 is 0 Å². The van der Waals surface area contributed by atoms with Gasteiger partial charge in [-0.1, -0.05) is 26.0 Å². The van der Waals surface area contributed by atoms with Crippen LogP contribution in [0, 0.1) is 0 Å². The Morgan fingerprint density at radius 2 is 1.50 bits per heavy atom. The predicted molar refractivity (Wildman–Crippen MR) is 72.8 cm³/mol. The van der Waals surface area contributed by atoms with Crippen LogP contribution in [0.15, 0.2) is 24.3 Å². The van der Waals surface area contributed by atoms with Crippen molar-refractivity contribution < 1.29 is 18.0 Å². The quantitative estimate of drug-likeness (QED) is 0.763. The maximum Gasteiger partial charge on any atom is 0.416 e. The fraction of sp³-hybridized carbons (Fsp3) is 0.533. The number of alkyl halides is 3. The minimum Gasteiger partial charge on any atom is -0.292 e. The van der Waals surface area contributed by atoms with E-state index in [1.54, 1.807) is 13.8 Å². The molecular weight excluding hydrogens is 267 g/mol. The molecule has 0 fully saturated rings. The molecule has 5 heteroatoms. The molecule has 1 aromatic rings. The molecular formula is C15H20F3NO. The highest BCUT2D eigenvalue weighted by Crippen LogP contribution is 2.30.